The van der Waals surface area contributed by atoms with Crippen molar-refractivity contribution in [1.82, 2.24) is 25.1 Å². The third-order valence-corrected chi connectivity index (χ3v) is 6.10. The van der Waals surface area contributed by atoms with Gasteiger partial charge in [-0.2, -0.15) is 0 Å². The van der Waals surface area contributed by atoms with Crippen LogP contribution in [-0.4, -0.2) is 52.4 Å². The molecule has 7 heteroatoms. The van der Waals surface area contributed by atoms with Crippen LogP contribution in [0.3, 0.4) is 0 Å². The number of tetrazole rings is 1. The van der Waals surface area contributed by atoms with Crippen molar-refractivity contribution in [2.75, 3.05) is 27.3 Å². The van der Waals surface area contributed by atoms with E-state index in [-0.39, 0.29) is 11.6 Å². The quantitative estimate of drug-likeness (QED) is 0.722. The summed E-state index contributed by atoms with van der Waals surface area (Å²) in [6.45, 7) is 10.9. The van der Waals surface area contributed by atoms with Crippen molar-refractivity contribution in [1.29, 1.82) is 0 Å². The molecule has 0 spiro atoms. The Labute approximate surface area is 168 Å². The lowest BCUT2D eigenvalue weighted by atomic mass is 9.94. The Morgan fingerprint density at radius 2 is 1.89 bits per heavy atom. The van der Waals surface area contributed by atoms with Gasteiger partial charge in [-0.1, -0.05) is 13.8 Å². The topological polar surface area (TPSA) is 65.3 Å². The summed E-state index contributed by atoms with van der Waals surface area (Å²) in [7, 11) is 3.37. The van der Waals surface area contributed by atoms with Gasteiger partial charge in [0.05, 0.1) is 19.8 Å². The number of aromatic nitrogens is 4. The molecule has 1 unspecified atom stereocenters. The third kappa shape index (κ3) is 3.99. The highest BCUT2D eigenvalue weighted by Gasteiger charge is 2.35. The van der Waals surface area contributed by atoms with Gasteiger partial charge >= 0.3 is 0 Å². The first kappa shape index (κ1) is 20.6. The molecule has 1 aromatic heterocycles. The van der Waals surface area contributed by atoms with Gasteiger partial charge in [0.1, 0.15) is 17.5 Å². The minimum absolute atomic E-state index is 0.0609. The fourth-order valence-electron chi connectivity index (χ4n) is 3.78. The predicted molar refractivity (Wildman–Crippen MR) is 109 cm³/mol. The number of methoxy groups -OCH3 is 2. The molecule has 1 aromatic carbocycles. The van der Waals surface area contributed by atoms with Crippen molar-refractivity contribution in [3.63, 3.8) is 0 Å². The minimum atomic E-state index is -0.167. The van der Waals surface area contributed by atoms with Gasteiger partial charge < -0.3 is 9.47 Å². The van der Waals surface area contributed by atoms with E-state index in [0.29, 0.717) is 0 Å². The van der Waals surface area contributed by atoms with E-state index in [2.05, 4.69) is 54.2 Å². The van der Waals surface area contributed by atoms with Crippen molar-refractivity contribution < 1.29 is 9.47 Å². The maximum absolute atomic E-state index is 5.75. The molecule has 0 radical (unpaired) electrons. The zero-order chi connectivity index (χ0) is 20.3. The van der Waals surface area contributed by atoms with Crippen LogP contribution < -0.4 is 9.47 Å². The molecule has 1 aliphatic rings. The molecule has 1 aliphatic heterocycles. The Morgan fingerprint density at radius 3 is 2.50 bits per heavy atom. The van der Waals surface area contributed by atoms with Gasteiger partial charge in [-0.3, -0.25) is 4.90 Å². The van der Waals surface area contributed by atoms with E-state index in [0.717, 1.165) is 48.3 Å². The molecule has 2 aromatic rings. The van der Waals surface area contributed by atoms with Crippen LogP contribution in [0.5, 0.6) is 11.5 Å². The van der Waals surface area contributed by atoms with Crippen molar-refractivity contribution in [2.24, 2.45) is 5.92 Å². The van der Waals surface area contributed by atoms with Gasteiger partial charge in [-0.25, -0.2) is 4.68 Å². The summed E-state index contributed by atoms with van der Waals surface area (Å²) in [5.41, 5.74) is 0.903. The van der Waals surface area contributed by atoms with E-state index >= 15 is 0 Å². The lowest BCUT2D eigenvalue weighted by Crippen LogP contribution is -2.40. The number of rotatable bonds is 7. The predicted octanol–water partition coefficient (Wildman–Crippen LogP) is 3.66. The maximum atomic E-state index is 5.75. The summed E-state index contributed by atoms with van der Waals surface area (Å²) in [5, 5.41) is 12.9. The van der Waals surface area contributed by atoms with Crippen LogP contribution in [0, 0.1) is 5.92 Å². The second kappa shape index (κ2) is 8.47. The fourth-order valence-corrected chi connectivity index (χ4v) is 3.78. The average molecular weight is 388 g/mol. The molecular weight excluding hydrogens is 354 g/mol. The highest BCUT2D eigenvalue weighted by molar-refractivity contribution is 5.44. The molecule has 0 bridgehead atoms. The minimum Gasteiger partial charge on any atom is -0.497 e. The van der Waals surface area contributed by atoms with E-state index in [9.17, 15) is 0 Å². The fraction of sp³-hybridized carbons (Fsp3) is 0.667. The lowest BCUT2D eigenvalue weighted by Gasteiger charge is -2.38. The first-order chi connectivity index (χ1) is 13.4. The Morgan fingerprint density at radius 1 is 1.18 bits per heavy atom. The summed E-state index contributed by atoms with van der Waals surface area (Å²) in [4.78, 5) is 2.48. The Hall–Kier alpha value is -2.15. The Balaban J connectivity index is 2.11. The Bertz CT molecular complexity index is 781. The molecule has 1 atom stereocenters. The molecule has 0 aliphatic carbocycles. The molecule has 0 N–H and O–H groups in total. The normalized spacial score (nSPS) is 17.5. The van der Waals surface area contributed by atoms with E-state index in [1.54, 1.807) is 14.2 Å². The van der Waals surface area contributed by atoms with Gasteiger partial charge in [0.2, 0.25) is 0 Å². The van der Waals surface area contributed by atoms with Crippen LogP contribution >= 0.6 is 0 Å². The van der Waals surface area contributed by atoms with Crippen LogP contribution in [0.4, 0.5) is 0 Å². The zero-order valence-electron chi connectivity index (χ0n) is 18.0. The third-order valence-electron chi connectivity index (χ3n) is 6.10. The SMILES string of the molecule is CCC(C)(C)n1nnnc1C(c1ccc(OC)cc1OC)N1CCC(C)CC1. The van der Waals surface area contributed by atoms with Crippen LogP contribution in [0.2, 0.25) is 0 Å². The number of piperidine rings is 1. The first-order valence-electron chi connectivity index (χ1n) is 10.2. The molecular formula is C21H33N5O2. The van der Waals surface area contributed by atoms with E-state index in [1.807, 2.05) is 16.8 Å². The van der Waals surface area contributed by atoms with Crippen molar-refractivity contribution in [2.45, 2.75) is 58.5 Å². The summed E-state index contributed by atoms with van der Waals surface area (Å²) in [6.07, 6.45) is 3.29. The molecule has 154 valence electrons. The number of hydrogen-bond acceptors (Lipinski definition) is 6. The number of benzene rings is 1. The van der Waals surface area contributed by atoms with Gasteiger partial charge in [-0.15, -0.1) is 5.10 Å². The van der Waals surface area contributed by atoms with Crippen molar-refractivity contribution in [3.05, 3.63) is 29.6 Å². The van der Waals surface area contributed by atoms with Gasteiger partial charge in [0.25, 0.3) is 0 Å². The van der Waals surface area contributed by atoms with E-state index < -0.39 is 0 Å². The molecule has 3 rings (SSSR count). The number of nitrogens with zero attached hydrogens (tertiary/aromatic N) is 5. The molecule has 7 nitrogen and oxygen atoms in total. The first-order valence-corrected chi connectivity index (χ1v) is 10.2. The number of likely N-dealkylation sites (tertiary alicyclic amines) is 1. The van der Waals surface area contributed by atoms with Gasteiger partial charge in [-0.05, 0) is 74.7 Å². The standard InChI is InChI=1S/C21H33N5O2/c1-7-21(3,4)26-20(22-23-24-26)19(25-12-10-15(2)11-13-25)17-9-8-16(27-5)14-18(17)28-6/h8-9,14-15,19H,7,10-13H2,1-6H3. The highest BCUT2D eigenvalue weighted by Crippen LogP contribution is 2.39. The Kier molecular flexibility index (Phi) is 6.23. The number of ether oxygens (including phenoxy) is 2. The lowest BCUT2D eigenvalue weighted by molar-refractivity contribution is 0.141. The van der Waals surface area contributed by atoms with Gasteiger partial charge in [0, 0.05) is 11.6 Å². The smallest absolute Gasteiger partial charge is 0.173 e. The number of hydrogen-bond donors (Lipinski definition) is 0. The molecule has 0 amide bonds. The van der Waals surface area contributed by atoms with Crippen LogP contribution in [0.1, 0.15) is 64.4 Å². The zero-order valence-corrected chi connectivity index (χ0v) is 18.0. The second-order valence-corrected chi connectivity index (χ2v) is 8.34. The largest absolute Gasteiger partial charge is 0.497 e. The average Bonchev–Trinajstić information content (AvgIpc) is 3.20. The monoisotopic (exact) mass is 387 g/mol. The van der Waals surface area contributed by atoms with Crippen LogP contribution in [0.15, 0.2) is 18.2 Å². The maximum Gasteiger partial charge on any atom is 0.173 e. The van der Waals surface area contributed by atoms with Crippen molar-refractivity contribution in [3.8, 4) is 11.5 Å². The van der Waals surface area contributed by atoms with E-state index in [4.69, 9.17) is 9.47 Å². The second-order valence-electron chi connectivity index (χ2n) is 8.34. The van der Waals surface area contributed by atoms with E-state index in [1.165, 1.54) is 12.8 Å². The molecule has 1 saturated heterocycles. The summed E-state index contributed by atoms with van der Waals surface area (Å²) in [5.74, 6) is 3.19. The summed E-state index contributed by atoms with van der Waals surface area (Å²) in [6, 6.07) is 5.94. The molecule has 0 saturated carbocycles. The van der Waals surface area contributed by atoms with Crippen LogP contribution in [0.25, 0.3) is 0 Å². The van der Waals surface area contributed by atoms with Crippen LogP contribution in [-0.2, 0) is 5.54 Å². The molecule has 2 heterocycles. The molecule has 28 heavy (non-hydrogen) atoms. The molecule has 1 fully saturated rings. The van der Waals surface area contributed by atoms with Gasteiger partial charge in [0.15, 0.2) is 5.82 Å². The summed E-state index contributed by atoms with van der Waals surface area (Å²) < 4.78 is 13.1. The summed E-state index contributed by atoms with van der Waals surface area (Å²) >= 11 is 0. The van der Waals surface area contributed by atoms with Crippen molar-refractivity contribution >= 4 is 0 Å². The highest BCUT2D eigenvalue weighted by atomic mass is 16.5.